The number of rotatable bonds is 6. The first-order valence-corrected chi connectivity index (χ1v) is 6.91. The first-order valence-electron chi connectivity index (χ1n) is 5.75. The lowest BCUT2D eigenvalue weighted by Gasteiger charge is -2.12. The van der Waals surface area contributed by atoms with Crippen LogP contribution in [0.4, 0.5) is 13.2 Å². The molecular weight excluding hydrogens is 277 g/mol. The molecule has 0 aromatic heterocycles. The number of hydrogen-bond donors (Lipinski definition) is 0. The summed E-state index contributed by atoms with van der Waals surface area (Å²) in [5.74, 6) is 0.569. The minimum Gasteiger partial charge on any atom is -0.405 e. The molecule has 0 unspecified atom stereocenters. The zero-order chi connectivity index (χ0) is 14.5. The van der Waals surface area contributed by atoms with Crippen LogP contribution in [0.25, 0.3) is 0 Å². The molecule has 1 aromatic rings. The van der Waals surface area contributed by atoms with E-state index in [1.807, 2.05) is 13.8 Å². The lowest BCUT2D eigenvalue weighted by Crippen LogP contribution is -2.19. The summed E-state index contributed by atoms with van der Waals surface area (Å²) in [5.41, 5.74) is -0.0314. The number of hydrogen-bond acceptors (Lipinski definition) is 3. The number of ether oxygens (including phenoxy) is 1. The maximum atomic E-state index is 12.2. The summed E-state index contributed by atoms with van der Waals surface area (Å²) >= 11 is 1.40. The molecule has 106 valence electrons. The Labute approximate surface area is 114 Å². The van der Waals surface area contributed by atoms with Gasteiger partial charge < -0.3 is 4.74 Å². The number of alkyl halides is 3. The van der Waals surface area contributed by atoms with Crippen molar-refractivity contribution in [2.24, 2.45) is 5.92 Å². The van der Waals surface area contributed by atoms with Crippen LogP contribution in [0, 0.1) is 5.92 Å². The third kappa shape index (κ3) is 6.00. The molecular formula is C13H15F3O2S. The lowest BCUT2D eigenvalue weighted by molar-refractivity contribution is -0.274. The van der Waals surface area contributed by atoms with Crippen molar-refractivity contribution in [3.63, 3.8) is 0 Å². The van der Waals surface area contributed by atoms with Gasteiger partial charge in [-0.05, 0) is 23.8 Å². The Balaban J connectivity index is 2.74. The number of halogens is 3. The number of benzene rings is 1. The van der Waals surface area contributed by atoms with Crippen LogP contribution in [0.2, 0.25) is 0 Å². The van der Waals surface area contributed by atoms with Crippen molar-refractivity contribution in [3.05, 3.63) is 29.8 Å². The third-order valence-electron chi connectivity index (χ3n) is 2.10. The zero-order valence-electron chi connectivity index (χ0n) is 10.7. The second-order valence-corrected chi connectivity index (χ2v) is 5.41. The molecule has 0 aliphatic heterocycles. The highest BCUT2D eigenvalue weighted by molar-refractivity contribution is 7.99. The van der Waals surface area contributed by atoms with Crippen LogP contribution < -0.4 is 4.74 Å². The highest BCUT2D eigenvalue weighted by atomic mass is 32.2. The number of carbonyl (C=O) groups excluding carboxylic acids is 1. The average Bonchev–Trinajstić information content (AvgIpc) is 2.26. The zero-order valence-corrected chi connectivity index (χ0v) is 11.5. The number of thioether (sulfide) groups is 1. The molecule has 0 spiro atoms. The van der Waals surface area contributed by atoms with Crippen LogP contribution in [-0.2, 0) is 0 Å². The molecule has 0 aliphatic rings. The number of Topliss-reactive ketones (excluding diaryl/α,β-unsaturated/α-hetero) is 1. The molecule has 2 nitrogen and oxygen atoms in total. The maximum Gasteiger partial charge on any atom is 0.573 e. The van der Waals surface area contributed by atoms with Crippen molar-refractivity contribution >= 4 is 17.5 Å². The van der Waals surface area contributed by atoms with E-state index in [4.69, 9.17) is 0 Å². The minimum absolute atomic E-state index is 0.0314. The van der Waals surface area contributed by atoms with Crippen molar-refractivity contribution in [1.82, 2.24) is 0 Å². The summed E-state index contributed by atoms with van der Waals surface area (Å²) in [6.07, 6.45) is -4.79. The van der Waals surface area contributed by atoms with Gasteiger partial charge >= 0.3 is 6.36 Å². The highest BCUT2D eigenvalue weighted by Crippen LogP contribution is 2.27. The van der Waals surface area contributed by atoms with Gasteiger partial charge in [0.25, 0.3) is 0 Å². The second-order valence-electron chi connectivity index (χ2n) is 4.38. The molecule has 1 rings (SSSR count). The van der Waals surface area contributed by atoms with E-state index < -0.39 is 12.1 Å². The summed E-state index contributed by atoms with van der Waals surface area (Å²) < 4.78 is 40.5. The van der Waals surface area contributed by atoms with Crippen molar-refractivity contribution in [3.8, 4) is 5.75 Å². The van der Waals surface area contributed by atoms with Crippen LogP contribution in [0.15, 0.2) is 24.3 Å². The molecule has 19 heavy (non-hydrogen) atoms. The highest BCUT2D eigenvalue weighted by Gasteiger charge is 2.32. The van der Waals surface area contributed by atoms with Gasteiger partial charge in [-0.3, -0.25) is 4.79 Å². The number of carbonyl (C=O) groups is 1. The van der Waals surface area contributed by atoms with Crippen molar-refractivity contribution in [2.45, 2.75) is 20.2 Å². The lowest BCUT2D eigenvalue weighted by atomic mass is 10.1. The fourth-order valence-electron chi connectivity index (χ4n) is 1.38. The third-order valence-corrected chi connectivity index (χ3v) is 3.47. The predicted molar refractivity (Wildman–Crippen MR) is 69.6 cm³/mol. The fourth-order valence-corrected chi connectivity index (χ4v) is 2.31. The topological polar surface area (TPSA) is 26.3 Å². The van der Waals surface area contributed by atoms with Crippen LogP contribution >= 0.6 is 11.8 Å². The van der Waals surface area contributed by atoms with Gasteiger partial charge in [0.15, 0.2) is 5.78 Å². The smallest absolute Gasteiger partial charge is 0.405 e. The first kappa shape index (κ1) is 15.9. The first-order chi connectivity index (χ1) is 8.79. The van der Waals surface area contributed by atoms with Crippen LogP contribution in [0.5, 0.6) is 5.75 Å². The molecule has 0 radical (unpaired) electrons. The van der Waals surface area contributed by atoms with Crippen molar-refractivity contribution < 1.29 is 22.7 Å². The number of para-hydroxylation sites is 1. The SMILES string of the molecule is CC(C)CSCC(=O)c1ccccc1OC(F)(F)F. The van der Waals surface area contributed by atoms with E-state index >= 15 is 0 Å². The molecule has 0 saturated heterocycles. The minimum atomic E-state index is -4.79. The van der Waals surface area contributed by atoms with Crippen LogP contribution in [0.1, 0.15) is 24.2 Å². The van der Waals surface area contributed by atoms with Gasteiger partial charge in [0.2, 0.25) is 0 Å². The van der Waals surface area contributed by atoms with E-state index in [1.54, 1.807) is 0 Å². The maximum absolute atomic E-state index is 12.2. The van der Waals surface area contributed by atoms with E-state index in [1.165, 1.54) is 30.0 Å². The Bertz CT molecular complexity index is 430. The van der Waals surface area contributed by atoms with E-state index in [2.05, 4.69) is 4.74 Å². The molecule has 0 bridgehead atoms. The van der Waals surface area contributed by atoms with E-state index in [9.17, 15) is 18.0 Å². The average molecular weight is 292 g/mol. The normalized spacial score (nSPS) is 11.7. The Hall–Kier alpha value is -1.17. The molecule has 0 N–H and O–H groups in total. The van der Waals surface area contributed by atoms with E-state index in [0.29, 0.717) is 5.92 Å². The van der Waals surface area contributed by atoms with E-state index in [0.717, 1.165) is 11.8 Å². The molecule has 0 heterocycles. The monoisotopic (exact) mass is 292 g/mol. The summed E-state index contributed by atoms with van der Waals surface area (Å²) in [5, 5.41) is 0. The summed E-state index contributed by atoms with van der Waals surface area (Å²) in [6, 6.07) is 5.41. The van der Waals surface area contributed by atoms with Crippen molar-refractivity contribution in [2.75, 3.05) is 11.5 Å². The van der Waals surface area contributed by atoms with Gasteiger partial charge in [0.1, 0.15) is 5.75 Å². The molecule has 0 fully saturated rings. The quantitative estimate of drug-likeness (QED) is 0.737. The Morgan fingerprint density at radius 2 is 1.95 bits per heavy atom. The summed E-state index contributed by atoms with van der Waals surface area (Å²) in [6.45, 7) is 4.02. The van der Waals surface area contributed by atoms with Gasteiger partial charge in [0, 0.05) is 0 Å². The molecule has 0 atom stereocenters. The molecule has 6 heteroatoms. The predicted octanol–water partition coefficient (Wildman–Crippen LogP) is 4.16. The molecule has 0 saturated carbocycles. The van der Waals surface area contributed by atoms with Crippen LogP contribution in [-0.4, -0.2) is 23.7 Å². The summed E-state index contributed by atoms with van der Waals surface area (Å²) in [4.78, 5) is 11.9. The van der Waals surface area contributed by atoms with Gasteiger partial charge in [-0.2, -0.15) is 11.8 Å². The Morgan fingerprint density at radius 3 is 2.53 bits per heavy atom. The number of ketones is 1. The van der Waals surface area contributed by atoms with Crippen LogP contribution in [0.3, 0.4) is 0 Å². The fraction of sp³-hybridized carbons (Fsp3) is 0.462. The Kier molecular flexibility index (Phi) is 5.72. The summed E-state index contributed by atoms with van der Waals surface area (Å²) in [7, 11) is 0. The largest absolute Gasteiger partial charge is 0.573 e. The van der Waals surface area contributed by atoms with Gasteiger partial charge in [-0.25, -0.2) is 0 Å². The molecule has 0 aliphatic carbocycles. The van der Waals surface area contributed by atoms with Gasteiger partial charge in [-0.15, -0.1) is 13.2 Å². The molecule has 0 amide bonds. The van der Waals surface area contributed by atoms with E-state index in [-0.39, 0.29) is 17.1 Å². The Morgan fingerprint density at radius 1 is 1.32 bits per heavy atom. The second kappa shape index (κ2) is 6.84. The standard InChI is InChI=1S/C13H15F3O2S/c1-9(2)7-19-8-11(17)10-5-3-4-6-12(10)18-13(14,15)16/h3-6,9H,7-8H2,1-2H3. The van der Waals surface area contributed by atoms with Gasteiger partial charge in [-0.1, -0.05) is 26.0 Å². The molecule has 1 aromatic carbocycles. The van der Waals surface area contributed by atoms with Crippen molar-refractivity contribution in [1.29, 1.82) is 0 Å². The van der Waals surface area contributed by atoms with Gasteiger partial charge in [0.05, 0.1) is 11.3 Å².